The Morgan fingerprint density at radius 3 is 2.52 bits per heavy atom. The number of nitrogens with zero attached hydrogens (tertiary/aromatic N) is 1. The fourth-order valence-corrected chi connectivity index (χ4v) is 4.06. The highest BCUT2D eigenvalue weighted by molar-refractivity contribution is 7.90. The molecule has 7 heteroatoms. The van der Waals surface area contributed by atoms with Crippen molar-refractivity contribution in [3.63, 3.8) is 0 Å². The lowest BCUT2D eigenvalue weighted by molar-refractivity contribution is -0.116. The number of carbonyl (C=O) groups excluding carboxylic acids is 1. The van der Waals surface area contributed by atoms with E-state index in [9.17, 15) is 13.2 Å². The fourth-order valence-electron chi connectivity index (χ4n) is 3.43. The van der Waals surface area contributed by atoms with E-state index >= 15 is 0 Å². The summed E-state index contributed by atoms with van der Waals surface area (Å²) in [6, 6.07) is 16.4. The van der Waals surface area contributed by atoms with Crippen LogP contribution in [0, 0.1) is 0 Å². The number of hydrogen-bond donors (Lipinski definition) is 1. The summed E-state index contributed by atoms with van der Waals surface area (Å²) in [6.07, 6.45) is 8.35. The Labute approximate surface area is 181 Å². The average molecular weight is 435 g/mol. The molecular formula is C24H22N2O4S. The number of ether oxygens (including phenoxy) is 1. The maximum atomic E-state index is 12.1. The van der Waals surface area contributed by atoms with Gasteiger partial charge in [0.1, 0.15) is 11.9 Å². The van der Waals surface area contributed by atoms with Crippen LogP contribution in [0.5, 0.6) is 5.75 Å². The van der Waals surface area contributed by atoms with Crippen molar-refractivity contribution in [1.82, 2.24) is 10.3 Å². The molecule has 0 saturated carbocycles. The van der Waals surface area contributed by atoms with Crippen LogP contribution in [0.4, 0.5) is 0 Å². The number of carbonyl (C=O) groups is 1. The van der Waals surface area contributed by atoms with E-state index in [1.807, 2.05) is 24.3 Å². The minimum Gasteiger partial charge on any atom is -0.488 e. The zero-order valence-electron chi connectivity index (χ0n) is 17.0. The molecule has 158 valence electrons. The molecule has 1 aliphatic heterocycles. The maximum Gasteiger partial charge on any atom is 0.244 e. The second-order valence-electron chi connectivity index (χ2n) is 7.42. The van der Waals surface area contributed by atoms with Gasteiger partial charge in [-0.3, -0.25) is 9.78 Å². The van der Waals surface area contributed by atoms with Gasteiger partial charge in [-0.15, -0.1) is 0 Å². The predicted molar refractivity (Wildman–Crippen MR) is 119 cm³/mol. The van der Waals surface area contributed by atoms with E-state index in [-0.39, 0.29) is 12.0 Å². The van der Waals surface area contributed by atoms with E-state index in [1.54, 1.807) is 42.7 Å². The van der Waals surface area contributed by atoms with Crippen molar-refractivity contribution in [3.05, 3.63) is 84.2 Å². The lowest BCUT2D eigenvalue weighted by atomic mass is 10.0. The first-order valence-corrected chi connectivity index (χ1v) is 11.7. The Bertz CT molecular complexity index is 1220. The molecule has 4 rings (SSSR count). The lowest BCUT2D eigenvalue weighted by Gasteiger charge is -2.10. The molecule has 1 N–H and O–H groups in total. The minimum absolute atomic E-state index is 0.129. The molecule has 6 nitrogen and oxygen atoms in total. The van der Waals surface area contributed by atoms with Gasteiger partial charge in [0.2, 0.25) is 5.91 Å². The molecule has 2 aromatic carbocycles. The van der Waals surface area contributed by atoms with E-state index in [1.165, 1.54) is 12.3 Å². The summed E-state index contributed by atoms with van der Waals surface area (Å²) < 4.78 is 29.2. The van der Waals surface area contributed by atoms with Crippen LogP contribution in [-0.4, -0.2) is 38.2 Å². The monoisotopic (exact) mass is 434 g/mol. The van der Waals surface area contributed by atoms with Crippen LogP contribution in [0.2, 0.25) is 0 Å². The molecule has 1 amide bonds. The molecule has 0 spiro atoms. The largest absolute Gasteiger partial charge is 0.488 e. The normalized spacial score (nSPS) is 15.5. The molecule has 3 aromatic rings. The second kappa shape index (κ2) is 8.73. The number of aromatic nitrogens is 1. The predicted octanol–water partition coefficient (Wildman–Crippen LogP) is 3.29. The first-order chi connectivity index (χ1) is 14.9. The molecule has 0 bridgehead atoms. The molecule has 0 radical (unpaired) electrons. The van der Waals surface area contributed by atoms with Gasteiger partial charge in [-0.2, -0.15) is 0 Å². The van der Waals surface area contributed by atoms with Crippen LogP contribution in [0.3, 0.4) is 0 Å². The summed E-state index contributed by atoms with van der Waals surface area (Å²) >= 11 is 0. The van der Waals surface area contributed by atoms with Gasteiger partial charge in [-0.1, -0.05) is 18.2 Å². The summed E-state index contributed by atoms with van der Waals surface area (Å²) in [5.41, 5.74) is 3.91. The molecule has 1 aromatic heterocycles. The van der Waals surface area contributed by atoms with Gasteiger partial charge in [0, 0.05) is 31.1 Å². The van der Waals surface area contributed by atoms with Crippen molar-refractivity contribution >= 4 is 21.8 Å². The van der Waals surface area contributed by atoms with Crippen molar-refractivity contribution in [2.24, 2.45) is 0 Å². The van der Waals surface area contributed by atoms with Crippen LogP contribution in [-0.2, 0) is 21.1 Å². The lowest BCUT2D eigenvalue weighted by Crippen LogP contribution is -2.33. The highest BCUT2D eigenvalue weighted by Crippen LogP contribution is 2.33. The van der Waals surface area contributed by atoms with E-state index in [4.69, 9.17) is 4.74 Å². The Morgan fingerprint density at radius 1 is 1.10 bits per heavy atom. The molecule has 1 aliphatic rings. The summed E-state index contributed by atoms with van der Waals surface area (Å²) in [4.78, 5) is 16.3. The number of hydrogen-bond acceptors (Lipinski definition) is 5. The third kappa shape index (κ3) is 5.19. The summed E-state index contributed by atoms with van der Waals surface area (Å²) in [5, 5.41) is 2.87. The van der Waals surface area contributed by atoms with Crippen molar-refractivity contribution in [1.29, 1.82) is 0 Å². The van der Waals surface area contributed by atoms with E-state index in [0.717, 1.165) is 28.0 Å². The molecule has 0 saturated heterocycles. The zero-order valence-corrected chi connectivity index (χ0v) is 17.8. The minimum atomic E-state index is -3.21. The molecule has 2 heterocycles. The first kappa shape index (κ1) is 20.8. The number of rotatable bonds is 6. The molecule has 0 unspecified atom stereocenters. The Morgan fingerprint density at radius 2 is 1.81 bits per heavy atom. The number of sulfone groups is 1. The van der Waals surface area contributed by atoms with Crippen LogP contribution in [0.1, 0.15) is 11.1 Å². The summed E-state index contributed by atoms with van der Waals surface area (Å²) in [6.45, 7) is 0.409. The highest BCUT2D eigenvalue weighted by atomic mass is 32.2. The van der Waals surface area contributed by atoms with Gasteiger partial charge in [0.05, 0.1) is 11.4 Å². The van der Waals surface area contributed by atoms with Crippen LogP contribution in [0.15, 0.2) is 78.0 Å². The SMILES string of the molecule is CS(=O)(=O)c1ccc(-c2ccc3c(c2)C[C@@H](CNC(=O)/C=C/c2ccncc2)O3)cc1. The van der Waals surface area contributed by atoms with Crippen LogP contribution < -0.4 is 10.1 Å². The fraction of sp³-hybridized carbons (Fsp3) is 0.167. The molecule has 0 aliphatic carbocycles. The topological polar surface area (TPSA) is 85.4 Å². The molecule has 1 atom stereocenters. The van der Waals surface area contributed by atoms with Gasteiger partial charge < -0.3 is 10.1 Å². The van der Waals surface area contributed by atoms with Gasteiger partial charge >= 0.3 is 0 Å². The summed E-state index contributed by atoms with van der Waals surface area (Å²) in [5.74, 6) is 0.631. The summed E-state index contributed by atoms with van der Waals surface area (Å²) in [7, 11) is -3.21. The van der Waals surface area contributed by atoms with E-state index in [2.05, 4.69) is 16.4 Å². The third-order valence-corrected chi connectivity index (χ3v) is 6.18. The number of benzene rings is 2. The smallest absolute Gasteiger partial charge is 0.244 e. The third-order valence-electron chi connectivity index (χ3n) is 5.05. The number of amides is 1. The standard InChI is InChI=1S/C24H22N2O4S/c1-31(28,29)22-6-3-18(4-7-22)19-5-8-23-20(14-19)15-21(30-23)16-26-24(27)9-2-17-10-12-25-13-11-17/h2-14,21H,15-16H2,1H3,(H,26,27)/b9-2+/t21-/m0/s1. The highest BCUT2D eigenvalue weighted by Gasteiger charge is 2.23. The molecule has 31 heavy (non-hydrogen) atoms. The van der Waals surface area contributed by atoms with E-state index < -0.39 is 9.84 Å². The Hall–Kier alpha value is -3.45. The van der Waals surface area contributed by atoms with Crippen molar-refractivity contribution in [3.8, 4) is 16.9 Å². The van der Waals surface area contributed by atoms with Crippen LogP contribution in [0.25, 0.3) is 17.2 Å². The van der Waals surface area contributed by atoms with E-state index in [0.29, 0.717) is 17.9 Å². The van der Waals surface area contributed by atoms with Gasteiger partial charge in [0.15, 0.2) is 9.84 Å². The van der Waals surface area contributed by atoms with Gasteiger partial charge in [-0.25, -0.2) is 8.42 Å². The van der Waals surface area contributed by atoms with Crippen LogP contribution >= 0.6 is 0 Å². The quantitative estimate of drug-likeness (QED) is 0.602. The Balaban J connectivity index is 1.36. The van der Waals surface area contributed by atoms with Crippen molar-refractivity contribution in [2.45, 2.75) is 17.4 Å². The zero-order chi connectivity index (χ0) is 21.8. The van der Waals surface area contributed by atoms with Crippen molar-refractivity contribution in [2.75, 3.05) is 12.8 Å². The molecular weight excluding hydrogens is 412 g/mol. The number of nitrogens with one attached hydrogen (secondary N) is 1. The maximum absolute atomic E-state index is 12.1. The molecule has 0 fully saturated rings. The Kier molecular flexibility index (Phi) is 5.86. The second-order valence-corrected chi connectivity index (χ2v) is 9.44. The first-order valence-electron chi connectivity index (χ1n) is 9.84. The van der Waals surface area contributed by atoms with Crippen molar-refractivity contribution < 1.29 is 17.9 Å². The average Bonchev–Trinajstić information content (AvgIpc) is 3.19. The van der Waals surface area contributed by atoms with Gasteiger partial charge in [-0.05, 0) is 64.7 Å². The van der Waals surface area contributed by atoms with Gasteiger partial charge in [0.25, 0.3) is 0 Å². The number of fused-ring (bicyclic) bond motifs is 1. The number of pyridine rings is 1.